The number of hydrogen-bond donors (Lipinski definition) is 3. The van der Waals surface area contributed by atoms with Crippen LogP contribution in [0.2, 0.25) is 0 Å². The molecule has 0 unspecified atom stereocenters. The molecule has 25 heavy (non-hydrogen) atoms. The summed E-state index contributed by atoms with van der Waals surface area (Å²) in [4.78, 5) is 16.7. The van der Waals surface area contributed by atoms with Gasteiger partial charge in [0.25, 0.3) is 0 Å². The van der Waals surface area contributed by atoms with Gasteiger partial charge in [0.2, 0.25) is 5.91 Å². The maximum Gasteiger partial charge on any atom is 0.240 e. The van der Waals surface area contributed by atoms with E-state index in [1.807, 2.05) is 24.3 Å². The predicted octanol–water partition coefficient (Wildman–Crippen LogP) is 1.03. The summed E-state index contributed by atoms with van der Waals surface area (Å²) in [6.07, 6.45) is 1.04. The van der Waals surface area contributed by atoms with Gasteiger partial charge in [-0.05, 0) is 37.1 Å². The third kappa shape index (κ3) is 4.47. The summed E-state index contributed by atoms with van der Waals surface area (Å²) in [6, 6.07) is 7.44. The zero-order valence-electron chi connectivity index (χ0n) is 13.9. The van der Waals surface area contributed by atoms with Gasteiger partial charge in [-0.3, -0.25) is 9.89 Å². The molecule has 0 aliphatic carbocycles. The first-order valence-corrected chi connectivity index (χ1v) is 7.81. The van der Waals surface area contributed by atoms with Crippen LogP contribution in [0.25, 0.3) is 11.4 Å². The zero-order chi connectivity index (χ0) is 17.0. The number of nitrogens with one attached hydrogen (secondary N) is 2. The lowest BCUT2D eigenvalue weighted by Crippen LogP contribution is -2.56. The van der Waals surface area contributed by atoms with Crippen molar-refractivity contribution >= 4 is 18.3 Å². The van der Waals surface area contributed by atoms with Crippen molar-refractivity contribution in [2.75, 3.05) is 20.3 Å². The number of benzene rings is 1. The summed E-state index contributed by atoms with van der Waals surface area (Å²) in [5.74, 6) is 1.72. The quantitative estimate of drug-likeness (QED) is 0.727. The molecule has 1 aliphatic rings. The van der Waals surface area contributed by atoms with Crippen molar-refractivity contribution in [3.05, 3.63) is 30.1 Å². The Morgan fingerprint density at radius 1 is 1.36 bits per heavy atom. The molecule has 9 heteroatoms. The minimum absolute atomic E-state index is 0. The predicted molar refractivity (Wildman–Crippen MR) is 94.4 cm³/mol. The van der Waals surface area contributed by atoms with E-state index in [9.17, 15) is 4.79 Å². The Kier molecular flexibility index (Phi) is 6.35. The Balaban J connectivity index is 0.00000225. The molecule has 1 aromatic heterocycles. The summed E-state index contributed by atoms with van der Waals surface area (Å²) in [6.45, 7) is 1.27. The number of halogens is 1. The second-order valence-electron chi connectivity index (χ2n) is 5.79. The number of carbonyl (C=O) groups is 1. The molecule has 1 fully saturated rings. The van der Waals surface area contributed by atoms with E-state index in [4.69, 9.17) is 15.2 Å². The topological polar surface area (TPSA) is 115 Å². The summed E-state index contributed by atoms with van der Waals surface area (Å²) in [5, 5.41) is 9.82. The largest absolute Gasteiger partial charge is 0.497 e. The van der Waals surface area contributed by atoms with Crippen molar-refractivity contribution in [1.29, 1.82) is 0 Å². The van der Waals surface area contributed by atoms with Crippen molar-refractivity contribution in [2.45, 2.75) is 24.9 Å². The fraction of sp³-hybridized carbons (Fsp3) is 0.438. The fourth-order valence-corrected chi connectivity index (χ4v) is 2.55. The molecule has 1 saturated heterocycles. The van der Waals surface area contributed by atoms with Crippen LogP contribution in [0.1, 0.15) is 18.7 Å². The highest BCUT2D eigenvalue weighted by molar-refractivity contribution is 5.86. The van der Waals surface area contributed by atoms with Crippen LogP contribution in [-0.2, 0) is 16.1 Å². The fourth-order valence-electron chi connectivity index (χ4n) is 2.55. The number of nitrogens with two attached hydrogens (primary N) is 1. The Morgan fingerprint density at radius 3 is 2.68 bits per heavy atom. The van der Waals surface area contributed by atoms with Crippen LogP contribution in [0.5, 0.6) is 5.75 Å². The molecule has 0 spiro atoms. The minimum atomic E-state index is -0.864. The molecule has 4 N–H and O–H groups in total. The number of amides is 1. The number of nitrogens with zero attached hydrogens (tertiary/aromatic N) is 2. The molecule has 1 amide bonds. The SMILES string of the molecule is COc1ccc(-c2n[nH]c(CNC(=O)C3(N)CCOCC3)n2)cc1.Cl. The lowest BCUT2D eigenvalue weighted by molar-refractivity contribution is -0.129. The van der Waals surface area contributed by atoms with Gasteiger partial charge in [-0.25, -0.2) is 4.98 Å². The van der Waals surface area contributed by atoms with Crippen molar-refractivity contribution in [2.24, 2.45) is 5.73 Å². The smallest absolute Gasteiger partial charge is 0.240 e. The molecule has 0 atom stereocenters. The second kappa shape index (κ2) is 8.28. The highest BCUT2D eigenvalue weighted by Gasteiger charge is 2.35. The highest BCUT2D eigenvalue weighted by atomic mass is 35.5. The molecule has 8 nitrogen and oxygen atoms in total. The number of hydrogen-bond acceptors (Lipinski definition) is 6. The number of aromatic amines is 1. The monoisotopic (exact) mass is 367 g/mol. The number of rotatable bonds is 5. The van der Waals surface area contributed by atoms with Gasteiger partial charge in [-0.15, -0.1) is 12.4 Å². The normalized spacial score (nSPS) is 15.9. The maximum absolute atomic E-state index is 12.3. The number of H-pyrrole nitrogens is 1. The van der Waals surface area contributed by atoms with Crippen LogP contribution in [0.4, 0.5) is 0 Å². The number of ether oxygens (including phenoxy) is 2. The van der Waals surface area contributed by atoms with Gasteiger partial charge >= 0.3 is 0 Å². The maximum atomic E-state index is 12.3. The zero-order valence-corrected chi connectivity index (χ0v) is 14.8. The second-order valence-corrected chi connectivity index (χ2v) is 5.79. The van der Waals surface area contributed by atoms with E-state index in [1.54, 1.807) is 7.11 Å². The van der Waals surface area contributed by atoms with Crippen molar-refractivity contribution in [3.8, 4) is 17.1 Å². The molecule has 2 heterocycles. The average molecular weight is 368 g/mol. The highest BCUT2D eigenvalue weighted by Crippen LogP contribution is 2.20. The Hall–Kier alpha value is -2.16. The molecule has 1 aliphatic heterocycles. The van der Waals surface area contributed by atoms with Gasteiger partial charge in [0.15, 0.2) is 5.82 Å². The van der Waals surface area contributed by atoms with E-state index in [0.717, 1.165) is 11.3 Å². The third-order valence-electron chi connectivity index (χ3n) is 4.13. The van der Waals surface area contributed by atoms with Crippen molar-refractivity contribution < 1.29 is 14.3 Å². The van der Waals surface area contributed by atoms with Gasteiger partial charge < -0.3 is 20.5 Å². The van der Waals surface area contributed by atoms with E-state index in [1.165, 1.54) is 0 Å². The molecule has 136 valence electrons. The standard InChI is InChI=1S/C16H21N5O3.ClH/c1-23-12-4-2-11(3-5-12)14-19-13(20-21-14)10-18-15(22)16(17)6-8-24-9-7-16;/h2-5H,6-10,17H2,1H3,(H,18,22)(H,19,20,21);1H. The summed E-state index contributed by atoms with van der Waals surface area (Å²) >= 11 is 0. The first-order valence-electron chi connectivity index (χ1n) is 7.81. The molecular weight excluding hydrogens is 346 g/mol. The van der Waals surface area contributed by atoms with Crippen molar-refractivity contribution in [1.82, 2.24) is 20.5 Å². The first-order chi connectivity index (χ1) is 11.6. The molecule has 0 radical (unpaired) electrons. The number of aromatic nitrogens is 3. The van der Waals surface area contributed by atoms with Crippen molar-refractivity contribution in [3.63, 3.8) is 0 Å². The third-order valence-corrected chi connectivity index (χ3v) is 4.13. The van der Waals surface area contributed by atoms with Crippen LogP contribution in [-0.4, -0.2) is 47.0 Å². The van der Waals surface area contributed by atoms with Crippen LogP contribution in [0.15, 0.2) is 24.3 Å². The van der Waals surface area contributed by atoms with E-state index in [0.29, 0.717) is 37.7 Å². The molecule has 2 aromatic rings. The molecule has 0 bridgehead atoms. The van der Waals surface area contributed by atoms with E-state index < -0.39 is 5.54 Å². The van der Waals surface area contributed by atoms with E-state index in [-0.39, 0.29) is 24.9 Å². The van der Waals surface area contributed by atoms with E-state index >= 15 is 0 Å². The average Bonchev–Trinajstić information content (AvgIpc) is 3.09. The lowest BCUT2D eigenvalue weighted by Gasteiger charge is -2.31. The first kappa shape index (κ1) is 19.2. The molecule has 0 saturated carbocycles. The van der Waals surface area contributed by atoms with Crippen LogP contribution in [0.3, 0.4) is 0 Å². The lowest BCUT2D eigenvalue weighted by atomic mass is 9.90. The Morgan fingerprint density at radius 2 is 2.04 bits per heavy atom. The summed E-state index contributed by atoms with van der Waals surface area (Å²) < 4.78 is 10.4. The van der Waals surface area contributed by atoms with Gasteiger partial charge in [0.05, 0.1) is 19.2 Å². The number of methoxy groups -OCH3 is 1. The van der Waals surface area contributed by atoms with Gasteiger partial charge in [-0.2, -0.15) is 5.10 Å². The van der Waals surface area contributed by atoms with Crippen LogP contribution >= 0.6 is 12.4 Å². The molecular formula is C16H22ClN5O3. The Labute approximate surface area is 151 Å². The van der Waals surface area contributed by atoms with Gasteiger partial charge in [0.1, 0.15) is 11.6 Å². The van der Waals surface area contributed by atoms with Gasteiger partial charge in [0, 0.05) is 18.8 Å². The molecule has 1 aromatic carbocycles. The van der Waals surface area contributed by atoms with Gasteiger partial charge in [-0.1, -0.05) is 0 Å². The molecule has 3 rings (SSSR count). The van der Waals surface area contributed by atoms with E-state index in [2.05, 4.69) is 20.5 Å². The van der Waals surface area contributed by atoms with Crippen LogP contribution < -0.4 is 15.8 Å². The Bertz CT molecular complexity index is 698. The summed E-state index contributed by atoms with van der Waals surface area (Å²) in [5.41, 5.74) is 6.14. The summed E-state index contributed by atoms with van der Waals surface area (Å²) in [7, 11) is 1.62. The number of carbonyl (C=O) groups excluding carboxylic acids is 1. The minimum Gasteiger partial charge on any atom is -0.497 e. The van der Waals surface area contributed by atoms with Crippen LogP contribution in [0, 0.1) is 0 Å².